The van der Waals surface area contributed by atoms with Crippen LogP contribution in [-0.4, -0.2) is 41.1 Å². The molecule has 0 aromatic heterocycles. The summed E-state index contributed by atoms with van der Waals surface area (Å²) in [5.41, 5.74) is 0.584. The number of unbranched alkanes of at least 4 members (excludes halogenated alkanes) is 2. The maximum Gasteiger partial charge on any atom is 0.308 e. The van der Waals surface area contributed by atoms with Crippen LogP contribution in [0.3, 0.4) is 0 Å². The van der Waals surface area contributed by atoms with Crippen LogP contribution in [0, 0.1) is 5.92 Å². The van der Waals surface area contributed by atoms with Crippen LogP contribution in [0.5, 0.6) is 5.75 Å². The first-order valence-corrected chi connectivity index (χ1v) is 8.79. The topological polar surface area (TPSA) is 66.8 Å². The molecule has 1 aliphatic carbocycles. The van der Waals surface area contributed by atoms with Gasteiger partial charge < -0.3 is 14.7 Å². The van der Waals surface area contributed by atoms with Crippen molar-refractivity contribution in [3.05, 3.63) is 29.8 Å². The van der Waals surface area contributed by atoms with Crippen molar-refractivity contribution < 1.29 is 19.4 Å². The normalized spacial score (nSPS) is 14.9. The van der Waals surface area contributed by atoms with Gasteiger partial charge in [0.2, 0.25) is 0 Å². The van der Waals surface area contributed by atoms with Crippen LogP contribution in [0.4, 0.5) is 0 Å². The number of carboxylic acids is 1. The number of hydrogen-bond acceptors (Lipinski definition) is 3. The minimum absolute atomic E-state index is 0.0943. The summed E-state index contributed by atoms with van der Waals surface area (Å²) in [5, 5.41) is 9.09. The highest BCUT2D eigenvalue weighted by Crippen LogP contribution is 2.29. The molecule has 1 atom stereocenters. The number of ether oxygens (including phenoxy) is 1. The van der Waals surface area contributed by atoms with E-state index in [9.17, 15) is 9.59 Å². The molecular weight excluding hydrogens is 306 g/mol. The van der Waals surface area contributed by atoms with Gasteiger partial charge in [-0.2, -0.15) is 0 Å². The summed E-state index contributed by atoms with van der Waals surface area (Å²) in [6, 6.07) is 7.33. The minimum Gasteiger partial charge on any atom is -0.494 e. The molecule has 0 saturated heterocycles. The SMILES string of the molecule is CCCCCOc1ccc(C(=O)N(CC(C)C(=O)O)C2CC2)cc1. The first-order chi connectivity index (χ1) is 11.5. The second-order valence-corrected chi connectivity index (χ2v) is 6.51. The molecular formula is C19H27NO4. The molecule has 1 saturated carbocycles. The Hall–Kier alpha value is -2.04. The largest absolute Gasteiger partial charge is 0.494 e. The van der Waals surface area contributed by atoms with E-state index < -0.39 is 11.9 Å². The number of rotatable bonds is 10. The van der Waals surface area contributed by atoms with E-state index >= 15 is 0 Å². The second-order valence-electron chi connectivity index (χ2n) is 6.51. The zero-order chi connectivity index (χ0) is 17.5. The van der Waals surface area contributed by atoms with E-state index in [1.807, 2.05) is 12.1 Å². The Morgan fingerprint density at radius 1 is 1.25 bits per heavy atom. The standard InChI is InChI=1S/C19H27NO4/c1-3-4-5-12-24-17-10-6-15(7-11-17)18(21)20(16-8-9-16)13-14(2)19(22)23/h6-7,10-11,14,16H,3-5,8-9,12-13H2,1-2H3,(H,22,23). The molecule has 2 rings (SSSR count). The molecule has 132 valence electrons. The Bertz CT molecular complexity index is 551. The lowest BCUT2D eigenvalue weighted by molar-refractivity contribution is -0.141. The summed E-state index contributed by atoms with van der Waals surface area (Å²) < 4.78 is 5.66. The van der Waals surface area contributed by atoms with E-state index in [-0.39, 0.29) is 18.5 Å². The summed E-state index contributed by atoms with van der Waals surface area (Å²) >= 11 is 0. The average molecular weight is 333 g/mol. The second kappa shape index (κ2) is 8.71. The van der Waals surface area contributed by atoms with Gasteiger partial charge in [-0.1, -0.05) is 26.7 Å². The fourth-order valence-corrected chi connectivity index (χ4v) is 2.56. The number of hydrogen-bond donors (Lipinski definition) is 1. The first kappa shape index (κ1) is 18.3. The highest BCUT2D eigenvalue weighted by molar-refractivity contribution is 5.95. The van der Waals surface area contributed by atoms with Gasteiger partial charge in [-0.05, 0) is 43.5 Å². The average Bonchev–Trinajstić information content (AvgIpc) is 3.41. The number of amides is 1. The zero-order valence-corrected chi connectivity index (χ0v) is 14.5. The van der Waals surface area contributed by atoms with Crippen molar-refractivity contribution in [1.29, 1.82) is 0 Å². The molecule has 0 radical (unpaired) electrons. The van der Waals surface area contributed by atoms with E-state index in [1.165, 1.54) is 0 Å². The van der Waals surface area contributed by atoms with E-state index in [0.717, 1.165) is 37.9 Å². The molecule has 1 amide bonds. The predicted molar refractivity (Wildman–Crippen MR) is 92.3 cm³/mol. The molecule has 1 aliphatic rings. The number of benzene rings is 1. The number of aliphatic carboxylic acids is 1. The highest BCUT2D eigenvalue weighted by atomic mass is 16.5. The van der Waals surface area contributed by atoms with Crippen molar-refractivity contribution in [2.24, 2.45) is 5.92 Å². The summed E-state index contributed by atoms with van der Waals surface area (Å²) in [6.45, 7) is 4.73. The van der Waals surface area contributed by atoms with Gasteiger partial charge in [-0.3, -0.25) is 9.59 Å². The van der Waals surface area contributed by atoms with Crippen molar-refractivity contribution in [2.75, 3.05) is 13.2 Å². The van der Waals surface area contributed by atoms with Gasteiger partial charge >= 0.3 is 5.97 Å². The van der Waals surface area contributed by atoms with Crippen LogP contribution in [-0.2, 0) is 4.79 Å². The van der Waals surface area contributed by atoms with Gasteiger partial charge in [0.15, 0.2) is 0 Å². The predicted octanol–water partition coefficient (Wildman–Crippen LogP) is 3.58. The van der Waals surface area contributed by atoms with Gasteiger partial charge in [0.05, 0.1) is 12.5 Å². The summed E-state index contributed by atoms with van der Waals surface area (Å²) in [7, 11) is 0. The van der Waals surface area contributed by atoms with E-state index in [1.54, 1.807) is 24.0 Å². The minimum atomic E-state index is -0.871. The molecule has 0 aliphatic heterocycles. The molecule has 0 heterocycles. The number of carbonyl (C=O) groups excluding carboxylic acids is 1. The molecule has 24 heavy (non-hydrogen) atoms. The monoisotopic (exact) mass is 333 g/mol. The summed E-state index contributed by atoms with van der Waals surface area (Å²) in [5.74, 6) is -0.761. The van der Waals surface area contributed by atoms with Crippen molar-refractivity contribution in [3.8, 4) is 5.75 Å². The first-order valence-electron chi connectivity index (χ1n) is 8.79. The van der Waals surface area contributed by atoms with Crippen molar-refractivity contribution in [2.45, 2.75) is 52.0 Å². The third kappa shape index (κ3) is 5.25. The third-order valence-corrected chi connectivity index (χ3v) is 4.26. The molecule has 5 heteroatoms. The Morgan fingerprint density at radius 3 is 2.46 bits per heavy atom. The maximum atomic E-state index is 12.7. The zero-order valence-electron chi connectivity index (χ0n) is 14.5. The molecule has 5 nitrogen and oxygen atoms in total. The van der Waals surface area contributed by atoms with Gasteiger partial charge in [0.25, 0.3) is 5.91 Å². The van der Waals surface area contributed by atoms with Gasteiger partial charge in [-0.25, -0.2) is 0 Å². The van der Waals surface area contributed by atoms with Crippen LogP contribution < -0.4 is 4.74 Å². The number of nitrogens with zero attached hydrogens (tertiary/aromatic N) is 1. The Morgan fingerprint density at radius 2 is 1.92 bits per heavy atom. The third-order valence-electron chi connectivity index (χ3n) is 4.26. The Balaban J connectivity index is 1.95. The molecule has 1 fully saturated rings. The van der Waals surface area contributed by atoms with Crippen molar-refractivity contribution >= 4 is 11.9 Å². The Labute approximate surface area is 143 Å². The molecule has 1 aromatic carbocycles. The summed E-state index contributed by atoms with van der Waals surface area (Å²) in [4.78, 5) is 25.5. The van der Waals surface area contributed by atoms with Crippen LogP contribution in [0.2, 0.25) is 0 Å². The lowest BCUT2D eigenvalue weighted by Gasteiger charge is -2.24. The molecule has 0 spiro atoms. The van der Waals surface area contributed by atoms with E-state index in [2.05, 4.69) is 6.92 Å². The summed E-state index contributed by atoms with van der Waals surface area (Å²) in [6.07, 6.45) is 5.24. The van der Waals surface area contributed by atoms with Gasteiger partial charge in [0.1, 0.15) is 5.75 Å². The molecule has 1 unspecified atom stereocenters. The molecule has 1 aromatic rings. The van der Waals surface area contributed by atoms with E-state index in [0.29, 0.717) is 12.2 Å². The lowest BCUT2D eigenvalue weighted by atomic mass is 10.1. The van der Waals surface area contributed by atoms with Crippen LogP contribution >= 0.6 is 0 Å². The van der Waals surface area contributed by atoms with Gasteiger partial charge in [-0.15, -0.1) is 0 Å². The maximum absolute atomic E-state index is 12.7. The fourth-order valence-electron chi connectivity index (χ4n) is 2.56. The number of carboxylic acid groups (broad SMARTS) is 1. The number of carbonyl (C=O) groups is 2. The van der Waals surface area contributed by atoms with E-state index in [4.69, 9.17) is 9.84 Å². The smallest absolute Gasteiger partial charge is 0.308 e. The van der Waals surface area contributed by atoms with Gasteiger partial charge in [0, 0.05) is 18.2 Å². The van der Waals surface area contributed by atoms with Crippen molar-refractivity contribution in [1.82, 2.24) is 4.90 Å². The fraction of sp³-hybridized carbons (Fsp3) is 0.579. The van der Waals surface area contributed by atoms with Crippen LogP contribution in [0.1, 0.15) is 56.3 Å². The Kier molecular flexibility index (Phi) is 6.64. The molecule has 1 N–H and O–H groups in total. The molecule has 0 bridgehead atoms. The van der Waals surface area contributed by atoms with Crippen molar-refractivity contribution in [3.63, 3.8) is 0 Å². The van der Waals surface area contributed by atoms with Crippen LogP contribution in [0.15, 0.2) is 24.3 Å². The van der Waals surface area contributed by atoms with Crippen LogP contribution in [0.25, 0.3) is 0 Å². The lowest BCUT2D eigenvalue weighted by Crippen LogP contribution is -2.38. The highest BCUT2D eigenvalue weighted by Gasteiger charge is 2.34. The quantitative estimate of drug-likeness (QED) is 0.665.